The van der Waals surface area contributed by atoms with Crippen LogP contribution in [0.1, 0.15) is 15.9 Å². The number of morpholine rings is 1. The fourth-order valence-electron chi connectivity index (χ4n) is 4.68. The lowest BCUT2D eigenvalue weighted by molar-refractivity contribution is -0.917. The SMILES string of the molecule is O=C1Nc2cc(C(=O)N3CC[NH+](Cc4ccccc4)CC3)ccc2SC1[NH+]1CCOCC1. The number of carbonyl (C=O) groups excluding carboxylic acids is 2. The number of quaternary nitrogens is 2. The molecule has 1 atom stereocenters. The molecule has 2 saturated heterocycles. The average Bonchev–Trinajstić information content (AvgIpc) is 2.84. The summed E-state index contributed by atoms with van der Waals surface area (Å²) in [5.41, 5.74) is 2.74. The lowest BCUT2D eigenvalue weighted by atomic mass is 10.1. The topological polar surface area (TPSA) is 67.5 Å². The molecule has 0 aromatic heterocycles. The maximum absolute atomic E-state index is 13.1. The van der Waals surface area contributed by atoms with Gasteiger partial charge in [0.2, 0.25) is 5.37 Å². The molecule has 2 aromatic carbocycles. The third-order valence-electron chi connectivity index (χ3n) is 6.53. The molecule has 7 nitrogen and oxygen atoms in total. The molecule has 0 bridgehead atoms. The van der Waals surface area contributed by atoms with Crippen molar-refractivity contribution in [2.75, 3.05) is 57.8 Å². The van der Waals surface area contributed by atoms with E-state index >= 15 is 0 Å². The van der Waals surface area contributed by atoms with E-state index in [1.165, 1.54) is 15.4 Å². The molecule has 0 radical (unpaired) electrons. The molecule has 3 aliphatic rings. The Hall–Kier alpha value is -2.39. The zero-order chi connectivity index (χ0) is 21.9. The number of ether oxygens (including phenoxy) is 1. The minimum atomic E-state index is -0.159. The molecular weight excluding hydrogens is 424 g/mol. The second-order valence-electron chi connectivity index (χ2n) is 8.67. The minimum Gasteiger partial charge on any atom is -0.370 e. The summed E-state index contributed by atoms with van der Waals surface area (Å²) < 4.78 is 5.43. The Balaban J connectivity index is 1.20. The first-order chi connectivity index (χ1) is 15.7. The maximum Gasteiger partial charge on any atom is 0.294 e. The molecule has 3 N–H and O–H groups in total. The van der Waals surface area contributed by atoms with Crippen molar-refractivity contribution in [3.05, 3.63) is 59.7 Å². The van der Waals surface area contributed by atoms with Crippen LogP contribution in [0.15, 0.2) is 53.4 Å². The molecule has 2 aromatic rings. The summed E-state index contributed by atoms with van der Waals surface area (Å²) in [6, 6.07) is 16.2. The van der Waals surface area contributed by atoms with Gasteiger partial charge in [0.05, 0.1) is 45.1 Å². The largest absolute Gasteiger partial charge is 0.370 e. The van der Waals surface area contributed by atoms with Gasteiger partial charge in [-0.25, -0.2) is 0 Å². The first-order valence-corrected chi connectivity index (χ1v) is 12.3. The number of thioether (sulfide) groups is 1. The first-order valence-electron chi connectivity index (χ1n) is 11.4. The summed E-state index contributed by atoms with van der Waals surface area (Å²) in [7, 11) is 0. The fraction of sp³-hybridized carbons (Fsp3) is 0.417. The second kappa shape index (κ2) is 9.62. The zero-order valence-electron chi connectivity index (χ0n) is 18.1. The van der Waals surface area contributed by atoms with Gasteiger partial charge >= 0.3 is 0 Å². The van der Waals surface area contributed by atoms with E-state index in [1.54, 1.807) is 11.8 Å². The van der Waals surface area contributed by atoms with Gasteiger partial charge in [0, 0.05) is 16.0 Å². The van der Waals surface area contributed by atoms with Gasteiger partial charge in [0.15, 0.2) is 0 Å². The Morgan fingerprint density at radius 2 is 1.81 bits per heavy atom. The molecule has 0 saturated carbocycles. The Labute approximate surface area is 192 Å². The van der Waals surface area contributed by atoms with Gasteiger partial charge in [-0.1, -0.05) is 42.1 Å². The average molecular weight is 455 g/mol. The van der Waals surface area contributed by atoms with Gasteiger partial charge in [-0.3, -0.25) is 9.59 Å². The number of anilines is 1. The number of nitrogens with zero attached hydrogens (tertiary/aromatic N) is 1. The van der Waals surface area contributed by atoms with Crippen molar-refractivity contribution >= 4 is 29.3 Å². The molecule has 5 rings (SSSR count). The molecule has 3 aliphatic heterocycles. The summed E-state index contributed by atoms with van der Waals surface area (Å²) in [6.07, 6.45) is 0. The van der Waals surface area contributed by atoms with Crippen LogP contribution in [-0.2, 0) is 16.1 Å². The highest BCUT2D eigenvalue weighted by atomic mass is 32.2. The van der Waals surface area contributed by atoms with Gasteiger partial charge in [0.25, 0.3) is 11.8 Å². The smallest absolute Gasteiger partial charge is 0.294 e. The van der Waals surface area contributed by atoms with Gasteiger partial charge < -0.3 is 24.8 Å². The highest BCUT2D eigenvalue weighted by Crippen LogP contribution is 2.34. The number of hydrogen-bond acceptors (Lipinski definition) is 4. The summed E-state index contributed by atoms with van der Waals surface area (Å²) in [5, 5.41) is 2.88. The Morgan fingerprint density at radius 1 is 1.06 bits per heavy atom. The van der Waals surface area contributed by atoms with Crippen molar-refractivity contribution in [1.29, 1.82) is 0 Å². The lowest BCUT2D eigenvalue weighted by Gasteiger charge is -2.33. The van der Waals surface area contributed by atoms with E-state index in [0.29, 0.717) is 18.8 Å². The van der Waals surface area contributed by atoms with Crippen molar-refractivity contribution in [1.82, 2.24) is 4.90 Å². The molecule has 2 amide bonds. The van der Waals surface area contributed by atoms with Crippen molar-refractivity contribution in [2.45, 2.75) is 16.8 Å². The van der Waals surface area contributed by atoms with Crippen LogP contribution in [0.3, 0.4) is 0 Å². The van der Waals surface area contributed by atoms with Crippen LogP contribution in [0.25, 0.3) is 0 Å². The van der Waals surface area contributed by atoms with Crippen LogP contribution in [0.2, 0.25) is 0 Å². The van der Waals surface area contributed by atoms with Gasteiger partial charge in [-0.15, -0.1) is 0 Å². The standard InChI is InChI=1S/C24H28N4O3S/c29-22-24(28-12-14-31-15-13-28)32-21-7-6-19(16-20(21)25-22)23(30)27-10-8-26(9-11-27)17-18-4-2-1-3-5-18/h1-7,16,24H,8-15,17H2,(H,25,29)/p+2. The number of rotatable bonds is 4. The van der Waals surface area contributed by atoms with Crippen molar-refractivity contribution in [3.8, 4) is 0 Å². The van der Waals surface area contributed by atoms with Crippen molar-refractivity contribution in [3.63, 3.8) is 0 Å². The zero-order valence-corrected chi connectivity index (χ0v) is 19.0. The summed E-state index contributed by atoms with van der Waals surface area (Å²) in [4.78, 5) is 31.6. The highest BCUT2D eigenvalue weighted by Gasteiger charge is 2.37. The molecule has 168 valence electrons. The van der Waals surface area contributed by atoms with Crippen LogP contribution in [0, 0.1) is 0 Å². The molecule has 32 heavy (non-hydrogen) atoms. The first kappa shape index (κ1) is 21.5. The van der Waals surface area contributed by atoms with E-state index in [2.05, 4.69) is 29.6 Å². The predicted molar refractivity (Wildman–Crippen MR) is 123 cm³/mol. The summed E-state index contributed by atoms with van der Waals surface area (Å²) >= 11 is 1.60. The van der Waals surface area contributed by atoms with E-state index in [-0.39, 0.29) is 17.2 Å². The van der Waals surface area contributed by atoms with Crippen LogP contribution >= 0.6 is 11.8 Å². The number of benzene rings is 2. The molecule has 8 heteroatoms. The third kappa shape index (κ3) is 4.68. The molecule has 2 fully saturated rings. The van der Waals surface area contributed by atoms with E-state index in [0.717, 1.165) is 56.4 Å². The van der Waals surface area contributed by atoms with Crippen LogP contribution in [-0.4, -0.2) is 74.6 Å². The van der Waals surface area contributed by atoms with E-state index in [1.807, 2.05) is 29.2 Å². The molecule has 0 aliphatic carbocycles. The maximum atomic E-state index is 13.1. The number of nitrogens with one attached hydrogen (secondary N) is 3. The second-order valence-corrected chi connectivity index (χ2v) is 9.82. The monoisotopic (exact) mass is 454 g/mol. The number of carbonyl (C=O) groups is 2. The normalized spacial score (nSPS) is 22.3. The van der Waals surface area contributed by atoms with E-state index in [9.17, 15) is 9.59 Å². The molecule has 1 unspecified atom stereocenters. The number of amides is 2. The van der Waals surface area contributed by atoms with Crippen LogP contribution in [0.5, 0.6) is 0 Å². The lowest BCUT2D eigenvalue weighted by Crippen LogP contribution is -3.18. The van der Waals surface area contributed by atoms with Crippen molar-refractivity contribution in [2.24, 2.45) is 0 Å². The van der Waals surface area contributed by atoms with Crippen molar-refractivity contribution < 1.29 is 24.1 Å². The third-order valence-corrected chi connectivity index (χ3v) is 7.92. The quantitative estimate of drug-likeness (QED) is 0.584. The number of fused-ring (bicyclic) bond motifs is 1. The van der Waals surface area contributed by atoms with Gasteiger partial charge in [-0.05, 0) is 18.2 Å². The number of piperazine rings is 1. The summed E-state index contributed by atoms with van der Waals surface area (Å²) in [6.45, 7) is 7.47. The Morgan fingerprint density at radius 3 is 2.56 bits per heavy atom. The molecule has 0 spiro atoms. The van der Waals surface area contributed by atoms with E-state index in [4.69, 9.17) is 4.74 Å². The number of hydrogen-bond donors (Lipinski definition) is 3. The Kier molecular flexibility index (Phi) is 6.45. The van der Waals surface area contributed by atoms with Gasteiger partial charge in [-0.2, -0.15) is 0 Å². The fourth-order valence-corrected chi connectivity index (χ4v) is 5.88. The predicted octanol–water partition coefficient (Wildman–Crippen LogP) is -0.487. The highest BCUT2D eigenvalue weighted by molar-refractivity contribution is 8.00. The Bertz CT molecular complexity index is 972. The van der Waals surface area contributed by atoms with Crippen LogP contribution < -0.4 is 15.1 Å². The van der Waals surface area contributed by atoms with Crippen LogP contribution in [0.4, 0.5) is 5.69 Å². The molecular formula is C24H30N4O3S+2. The van der Waals surface area contributed by atoms with Gasteiger partial charge in [0.1, 0.15) is 19.6 Å². The van der Waals surface area contributed by atoms with E-state index < -0.39 is 0 Å². The minimum absolute atomic E-state index is 0.0159. The molecule has 3 heterocycles. The summed E-state index contributed by atoms with van der Waals surface area (Å²) in [5.74, 6) is 0.0638.